The minimum Gasteiger partial charge on any atom is -0.633 e. The molecule has 0 fully saturated rings. The van der Waals surface area contributed by atoms with Crippen LogP contribution in [0.4, 0.5) is 0 Å². The van der Waals surface area contributed by atoms with Gasteiger partial charge in [-0.05, 0) is 12.8 Å². The molecule has 0 aromatic carbocycles. The number of hydrogen-bond acceptors (Lipinski definition) is 6. The molecule has 0 aromatic rings. The Morgan fingerprint density at radius 2 is 1.16 bits per heavy atom. The Kier molecular flexibility index (Phi) is 23.5. The average Bonchev–Trinajstić information content (AvgIpc) is 2.56. The Morgan fingerprint density at radius 3 is 1.52 bits per heavy atom. The predicted molar refractivity (Wildman–Crippen MR) is 101 cm³/mol. The molecule has 0 rings (SSSR count). The van der Waals surface area contributed by atoms with Gasteiger partial charge in [0.05, 0.1) is 47.1 Å². The molecule has 0 aliphatic rings. The topological polar surface area (TPSA) is 94.0 Å². The van der Waals surface area contributed by atoms with E-state index in [-0.39, 0.29) is 31.1 Å². The zero-order valence-corrected chi connectivity index (χ0v) is 16.7. The molecule has 0 aliphatic carbocycles. The largest absolute Gasteiger partial charge is 0.633 e. The summed E-state index contributed by atoms with van der Waals surface area (Å²) in [5.41, 5.74) is 2.07. The molecule has 0 radical (unpaired) electrons. The molecule has 3 N–H and O–H groups in total. The Labute approximate surface area is 154 Å². The van der Waals surface area contributed by atoms with E-state index in [1.54, 1.807) is 14.1 Å². The maximum atomic E-state index is 11.3. The third-order valence-corrected chi connectivity index (χ3v) is 3.55. The van der Waals surface area contributed by atoms with Crippen molar-refractivity contribution < 1.29 is 24.5 Å². The highest BCUT2D eigenvalue weighted by Gasteiger charge is 2.00. The number of aliphatic hydroxyl groups excluding tert-OH is 2. The van der Waals surface area contributed by atoms with Crippen LogP contribution in [0.15, 0.2) is 0 Å². The van der Waals surface area contributed by atoms with E-state index < -0.39 is 0 Å². The summed E-state index contributed by atoms with van der Waals surface area (Å²) >= 11 is 0. The summed E-state index contributed by atoms with van der Waals surface area (Å²) in [6.07, 6.45) is 13.4. The lowest BCUT2D eigenvalue weighted by Crippen LogP contribution is -2.32. The van der Waals surface area contributed by atoms with E-state index in [2.05, 4.69) is 22.2 Å². The number of quaternary nitrogens is 1. The molecule has 154 valence electrons. The van der Waals surface area contributed by atoms with E-state index in [0.717, 1.165) is 13.0 Å². The van der Waals surface area contributed by atoms with Gasteiger partial charge < -0.3 is 20.1 Å². The van der Waals surface area contributed by atoms with Gasteiger partial charge in [-0.15, -0.1) is 0 Å². The number of hydrogen-bond donors (Lipinski definition) is 3. The van der Waals surface area contributed by atoms with Crippen LogP contribution in [0, 0.1) is 5.21 Å². The number of unbranched alkanes of at least 4 members (excludes halogenated alkanes) is 9. The molecule has 0 saturated heterocycles. The Hall–Kier alpha value is -0.280. The van der Waals surface area contributed by atoms with E-state index >= 15 is 0 Å². The van der Waals surface area contributed by atoms with Gasteiger partial charge in [0.15, 0.2) is 0 Å². The van der Waals surface area contributed by atoms with Gasteiger partial charge in [0.1, 0.15) is 0 Å². The molecule has 0 aliphatic heterocycles. The first-order valence-electron chi connectivity index (χ1n) is 9.72. The number of rotatable bonds is 17. The Bertz CT molecular complexity index is 232. The highest BCUT2D eigenvalue weighted by atomic mass is 16.9. The fraction of sp³-hybridized carbons (Fsp3) is 1.00. The second-order valence-electron chi connectivity index (χ2n) is 6.71. The molecule has 0 aromatic heterocycles. The van der Waals surface area contributed by atoms with Crippen molar-refractivity contribution in [3.8, 4) is 0 Å². The maximum Gasteiger partial charge on any atom is 0.0940 e. The quantitative estimate of drug-likeness (QED) is 0.208. The van der Waals surface area contributed by atoms with E-state index in [4.69, 9.17) is 10.2 Å². The van der Waals surface area contributed by atoms with Crippen LogP contribution in [0.1, 0.15) is 71.1 Å². The standard InChI is InChI=1S/C14H31NO.C4H11NO4/c1-4-5-6-7-8-9-10-11-12-13-14-15(2,3)16;6-1-3-8-5-9-4-2-7/h4-14H2,1-3H3;5-7H,1-4H2. The summed E-state index contributed by atoms with van der Waals surface area (Å²) in [7, 11) is 3.46. The van der Waals surface area contributed by atoms with Crippen LogP contribution >= 0.6 is 0 Å². The highest BCUT2D eigenvalue weighted by molar-refractivity contribution is 4.47. The Morgan fingerprint density at radius 1 is 0.760 bits per heavy atom. The Balaban J connectivity index is 0. The third-order valence-electron chi connectivity index (χ3n) is 3.55. The molecule has 0 saturated carbocycles. The number of hydroxylamine groups is 3. The fourth-order valence-electron chi connectivity index (χ4n) is 2.20. The summed E-state index contributed by atoms with van der Waals surface area (Å²) in [6, 6.07) is 0. The highest BCUT2D eigenvalue weighted by Crippen LogP contribution is 2.11. The summed E-state index contributed by atoms with van der Waals surface area (Å²) in [6.45, 7) is 3.26. The van der Waals surface area contributed by atoms with Crippen molar-refractivity contribution in [3.05, 3.63) is 5.21 Å². The third kappa shape index (κ3) is 31.9. The first kappa shape index (κ1) is 26.9. The summed E-state index contributed by atoms with van der Waals surface area (Å²) in [5, 5.41) is 27.6. The fourth-order valence-corrected chi connectivity index (χ4v) is 2.20. The second-order valence-corrected chi connectivity index (χ2v) is 6.71. The van der Waals surface area contributed by atoms with Crippen LogP contribution < -0.4 is 5.64 Å². The second kappa shape index (κ2) is 21.8. The van der Waals surface area contributed by atoms with Gasteiger partial charge in [0.2, 0.25) is 0 Å². The molecule has 25 heavy (non-hydrogen) atoms. The maximum absolute atomic E-state index is 11.3. The average molecular weight is 367 g/mol. The molecule has 0 unspecified atom stereocenters. The zero-order chi connectivity index (χ0) is 19.2. The van der Waals surface area contributed by atoms with Crippen molar-refractivity contribution in [2.75, 3.05) is 47.1 Å². The number of nitrogens with one attached hydrogen (secondary N) is 1. The predicted octanol–water partition coefficient (Wildman–Crippen LogP) is 2.91. The molecule has 0 atom stereocenters. The van der Waals surface area contributed by atoms with Crippen LogP contribution in [-0.4, -0.2) is 61.9 Å². The van der Waals surface area contributed by atoms with Crippen LogP contribution in [-0.2, 0) is 9.68 Å². The van der Waals surface area contributed by atoms with E-state index in [1.807, 2.05) is 0 Å². The van der Waals surface area contributed by atoms with Gasteiger partial charge in [-0.2, -0.15) is 0 Å². The van der Waals surface area contributed by atoms with Gasteiger partial charge >= 0.3 is 0 Å². The molecular weight excluding hydrogens is 324 g/mol. The van der Waals surface area contributed by atoms with Crippen molar-refractivity contribution in [1.29, 1.82) is 0 Å². The van der Waals surface area contributed by atoms with Crippen LogP contribution in [0.5, 0.6) is 0 Å². The summed E-state index contributed by atoms with van der Waals surface area (Å²) in [4.78, 5) is 8.90. The van der Waals surface area contributed by atoms with Gasteiger partial charge in [0.25, 0.3) is 0 Å². The first-order chi connectivity index (χ1) is 12.0. The lowest BCUT2D eigenvalue weighted by atomic mass is 10.1. The summed E-state index contributed by atoms with van der Waals surface area (Å²) < 4.78 is -0.128. The van der Waals surface area contributed by atoms with Crippen molar-refractivity contribution in [2.24, 2.45) is 0 Å². The molecule has 0 amide bonds. The SMILES string of the molecule is CCCCCCCCCCCC[N+](C)(C)[O-].OCCONOCCO. The van der Waals surface area contributed by atoms with E-state index in [1.165, 1.54) is 57.8 Å². The number of aliphatic hydroxyl groups is 2. The van der Waals surface area contributed by atoms with Crippen LogP contribution in [0.3, 0.4) is 0 Å². The molecule has 0 heterocycles. The molecule has 0 bridgehead atoms. The molecule has 7 nitrogen and oxygen atoms in total. The van der Waals surface area contributed by atoms with Gasteiger partial charge in [-0.3, -0.25) is 9.68 Å². The lowest BCUT2D eigenvalue weighted by Gasteiger charge is -2.33. The van der Waals surface area contributed by atoms with Crippen molar-refractivity contribution in [3.63, 3.8) is 0 Å². The van der Waals surface area contributed by atoms with Crippen LogP contribution in [0.2, 0.25) is 0 Å². The van der Waals surface area contributed by atoms with Gasteiger partial charge in [-0.1, -0.05) is 63.9 Å². The number of nitrogens with zero attached hydrogens (tertiary/aromatic N) is 1. The smallest absolute Gasteiger partial charge is 0.0940 e. The zero-order valence-electron chi connectivity index (χ0n) is 16.7. The minimum absolute atomic E-state index is 0.0600. The normalized spacial score (nSPS) is 11.3. The summed E-state index contributed by atoms with van der Waals surface area (Å²) in [5.74, 6) is 0. The van der Waals surface area contributed by atoms with Crippen molar-refractivity contribution >= 4 is 0 Å². The van der Waals surface area contributed by atoms with Gasteiger partial charge in [0, 0.05) is 0 Å². The van der Waals surface area contributed by atoms with E-state index in [9.17, 15) is 5.21 Å². The minimum atomic E-state index is -0.128. The van der Waals surface area contributed by atoms with Gasteiger partial charge in [-0.25, -0.2) is 0 Å². The molecular formula is C18H42N2O5. The lowest BCUT2D eigenvalue weighted by molar-refractivity contribution is -0.840. The monoisotopic (exact) mass is 366 g/mol. The molecule has 7 heteroatoms. The van der Waals surface area contributed by atoms with E-state index in [0.29, 0.717) is 0 Å². The first-order valence-corrected chi connectivity index (χ1v) is 9.72. The molecule has 0 spiro atoms. The van der Waals surface area contributed by atoms with Crippen LogP contribution in [0.25, 0.3) is 0 Å². The van der Waals surface area contributed by atoms with Crippen molar-refractivity contribution in [1.82, 2.24) is 5.64 Å². The van der Waals surface area contributed by atoms with Crippen molar-refractivity contribution in [2.45, 2.75) is 71.1 Å².